The molecule has 1 saturated heterocycles. The average molecular weight is 348 g/mol. The first-order valence-electron chi connectivity index (χ1n) is 8.41. The molecule has 1 N–H and O–H groups in total. The number of ether oxygens (including phenoxy) is 2. The van der Waals surface area contributed by atoms with E-state index in [2.05, 4.69) is 13.8 Å². The number of hydrogen-bond donors (Lipinski definition) is 1. The monoisotopic (exact) mass is 348 g/mol. The van der Waals surface area contributed by atoms with E-state index in [-0.39, 0.29) is 5.41 Å². The van der Waals surface area contributed by atoms with Crippen molar-refractivity contribution in [3.8, 4) is 11.1 Å². The fourth-order valence-corrected chi connectivity index (χ4v) is 3.09. The zero-order valence-electron chi connectivity index (χ0n) is 14.4. The smallest absolute Gasteiger partial charge is 0.309 e. The fraction of sp³-hybridized carbons (Fsp3) is 0.400. The molecule has 0 aromatic heterocycles. The van der Waals surface area contributed by atoms with Gasteiger partial charge in [-0.1, -0.05) is 50.6 Å². The van der Waals surface area contributed by atoms with Crippen LogP contribution in [0.1, 0.15) is 32.3 Å². The zero-order valence-corrected chi connectivity index (χ0v) is 14.4. The van der Waals surface area contributed by atoms with Crippen molar-refractivity contribution >= 4 is 0 Å². The van der Waals surface area contributed by atoms with Crippen molar-refractivity contribution in [1.82, 2.24) is 0 Å². The van der Waals surface area contributed by atoms with E-state index in [1.807, 2.05) is 0 Å². The van der Waals surface area contributed by atoms with Crippen LogP contribution in [0.4, 0.5) is 8.78 Å². The molecule has 0 aliphatic carbocycles. The van der Waals surface area contributed by atoms with Crippen molar-refractivity contribution in [3.05, 3.63) is 59.7 Å². The summed E-state index contributed by atoms with van der Waals surface area (Å²) in [5.74, 6) is -3.55. The van der Waals surface area contributed by atoms with Gasteiger partial charge in [-0.05, 0) is 29.7 Å². The van der Waals surface area contributed by atoms with E-state index >= 15 is 0 Å². The zero-order chi connectivity index (χ0) is 18.1. The predicted octanol–water partition coefficient (Wildman–Crippen LogP) is 4.59. The van der Waals surface area contributed by atoms with E-state index in [4.69, 9.17) is 9.47 Å². The molecule has 3 nitrogen and oxygen atoms in total. The minimum absolute atomic E-state index is 0.105. The first-order chi connectivity index (χ1) is 11.9. The molecule has 3 rings (SSSR count). The van der Waals surface area contributed by atoms with Crippen LogP contribution < -0.4 is 0 Å². The van der Waals surface area contributed by atoms with Gasteiger partial charge in [0, 0.05) is 11.0 Å². The van der Waals surface area contributed by atoms with Crippen LogP contribution in [-0.4, -0.2) is 18.3 Å². The lowest BCUT2D eigenvalue weighted by molar-refractivity contribution is -0.414. The Labute approximate surface area is 146 Å². The Kier molecular flexibility index (Phi) is 4.91. The molecule has 0 bridgehead atoms. The van der Waals surface area contributed by atoms with Gasteiger partial charge < -0.3 is 14.6 Å². The number of hydrogen-bond acceptors (Lipinski definition) is 3. The Bertz CT molecular complexity index is 735. The van der Waals surface area contributed by atoms with Crippen LogP contribution in [0.25, 0.3) is 11.1 Å². The van der Waals surface area contributed by atoms with Crippen LogP contribution in [-0.2, 0) is 15.4 Å². The van der Waals surface area contributed by atoms with Gasteiger partial charge in [0.1, 0.15) is 0 Å². The quantitative estimate of drug-likeness (QED) is 0.878. The van der Waals surface area contributed by atoms with Crippen LogP contribution in [0.2, 0.25) is 0 Å². The normalized spacial score (nSPS) is 26.6. The molecule has 5 heteroatoms. The van der Waals surface area contributed by atoms with E-state index < -0.39 is 17.6 Å². The molecule has 1 fully saturated rings. The highest BCUT2D eigenvalue weighted by Gasteiger charge is 2.42. The maximum atomic E-state index is 13.4. The Morgan fingerprint density at radius 3 is 2.12 bits per heavy atom. The molecule has 0 amide bonds. The molecule has 0 spiro atoms. The third kappa shape index (κ3) is 3.73. The van der Waals surface area contributed by atoms with Crippen LogP contribution in [0, 0.1) is 17.0 Å². The molecule has 25 heavy (non-hydrogen) atoms. The SMILES string of the molecule is CCCC1(C)COC(O)(c2ccc(-c3ccc(F)c(F)c3)cc2)OC1. The van der Waals surface area contributed by atoms with E-state index in [9.17, 15) is 13.9 Å². The maximum Gasteiger partial charge on any atom is 0.309 e. The van der Waals surface area contributed by atoms with Crippen molar-refractivity contribution in [2.45, 2.75) is 32.7 Å². The highest BCUT2D eigenvalue weighted by molar-refractivity contribution is 5.63. The standard InChI is InChI=1S/C20H22F2O3/c1-3-10-19(2)12-24-20(23,25-13-19)16-7-4-14(5-8-16)15-6-9-17(21)18(22)11-15/h4-9,11,23H,3,10,12-13H2,1-2H3. The van der Waals surface area contributed by atoms with Gasteiger partial charge in [0.05, 0.1) is 13.2 Å². The number of rotatable bonds is 4. The van der Waals surface area contributed by atoms with Gasteiger partial charge in [-0.25, -0.2) is 8.78 Å². The fourth-order valence-electron chi connectivity index (χ4n) is 3.09. The highest BCUT2D eigenvalue weighted by Crippen LogP contribution is 2.37. The number of aliphatic hydroxyl groups is 1. The largest absolute Gasteiger partial charge is 0.339 e. The molecular weight excluding hydrogens is 326 g/mol. The second-order valence-electron chi connectivity index (χ2n) is 6.93. The van der Waals surface area contributed by atoms with E-state index in [0.717, 1.165) is 25.0 Å². The summed E-state index contributed by atoms with van der Waals surface area (Å²) in [4.78, 5) is 0. The van der Waals surface area contributed by atoms with Gasteiger partial charge in [-0.2, -0.15) is 0 Å². The van der Waals surface area contributed by atoms with Gasteiger partial charge >= 0.3 is 5.97 Å². The van der Waals surface area contributed by atoms with Gasteiger partial charge in [0.2, 0.25) is 0 Å². The van der Waals surface area contributed by atoms with Crippen molar-refractivity contribution < 1.29 is 23.4 Å². The van der Waals surface area contributed by atoms with Crippen LogP contribution >= 0.6 is 0 Å². The molecule has 1 aliphatic rings. The van der Waals surface area contributed by atoms with Crippen LogP contribution in [0.5, 0.6) is 0 Å². The topological polar surface area (TPSA) is 38.7 Å². The summed E-state index contributed by atoms with van der Waals surface area (Å²) in [6, 6.07) is 10.5. The summed E-state index contributed by atoms with van der Waals surface area (Å²) in [7, 11) is 0. The average Bonchev–Trinajstić information content (AvgIpc) is 2.61. The van der Waals surface area contributed by atoms with E-state index in [1.54, 1.807) is 24.3 Å². The Morgan fingerprint density at radius 1 is 0.960 bits per heavy atom. The van der Waals surface area contributed by atoms with Crippen molar-refractivity contribution in [3.63, 3.8) is 0 Å². The van der Waals surface area contributed by atoms with Crippen molar-refractivity contribution in [2.24, 2.45) is 5.41 Å². The molecule has 0 atom stereocenters. The first-order valence-corrected chi connectivity index (χ1v) is 8.41. The maximum absolute atomic E-state index is 13.4. The van der Waals surface area contributed by atoms with Crippen molar-refractivity contribution in [1.29, 1.82) is 0 Å². The Hall–Kier alpha value is -1.82. The Morgan fingerprint density at radius 2 is 1.56 bits per heavy atom. The summed E-state index contributed by atoms with van der Waals surface area (Å²) in [5.41, 5.74) is 1.63. The van der Waals surface area contributed by atoms with Crippen LogP contribution in [0.3, 0.4) is 0 Å². The summed E-state index contributed by atoms with van der Waals surface area (Å²) < 4.78 is 37.7. The van der Waals surface area contributed by atoms with Crippen LogP contribution in [0.15, 0.2) is 42.5 Å². The van der Waals surface area contributed by atoms with Crippen molar-refractivity contribution in [2.75, 3.05) is 13.2 Å². The lowest BCUT2D eigenvalue weighted by Crippen LogP contribution is -2.46. The lowest BCUT2D eigenvalue weighted by Gasteiger charge is -2.41. The van der Waals surface area contributed by atoms with Gasteiger partial charge in [0.25, 0.3) is 0 Å². The molecule has 0 unspecified atom stereocenters. The van der Waals surface area contributed by atoms with E-state index in [0.29, 0.717) is 29.9 Å². The minimum atomic E-state index is -1.78. The first kappa shape index (κ1) is 18.0. The van der Waals surface area contributed by atoms with E-state index in [1.165, 1.54) is 6.07 Å². The third-order valence-corrected chi connectivity index (χ3v) is 4.59. The number of halogens is 2. The summed E-state index contributed by atoms with van der Waals surface area (Å²) in [6.45, 7) is 4.98. The predicted molar refractivity (Wildman–Crippen MR) is 90.6 cm³/mol. The van der Waals surface area contributed by atoms with Gasteiger partial charge in [0.15, 0.2) is 11.6 Å². The summed E-state index contributed by atoms with van der Waals surface area (Å²) in [5, 5.41) is 10.6. The molecular formula is C20H22F2O3. The molecule has 134 valence electrons. The second-order valence-corrected chi connectivity index (χ2v) is 6.93. The second kappa shape index (κ2) is 6.83. The molecule has 0 radical (unpaired) electrons. The van der Waals surface area contributed by atoms with Gasteiger partial charge in [-0.3, -0.25) is 0 Å². The Balaban J connectivity index is 1.77. The summed E-state index contributed by atoms with van der Waals surface area (Å²) in [6.07, 6.45) is 1.97. The van der Waals surface area contributed by atoms with Gasteiger partial charge in [-0.15, -0.1) is 0 Å². The lowest BCUT2D eigenvalue weighted by atomic mass is 9.86. The molecule has 1 heterocycles. The molecule has 2 aromatic rings. The number of benzene rings is 2. The highest BCUT2D eigenvalue weighted by atomic mass is 19.2. The summed E-state index contributed by atoms with van der Waals surface area (Å²) >= 11 is 0. The molecule has 2 aromatic carbocycles. The molecule has 1 aliphatic heterocycles. The molecule has 0 saturated carbocycles. The minimum Gasteiger partial charge on any atom is -0.339 e. The third-order valence-electron chi connectivity index (χ3n) is 4.59.